The second-order valence-corrected chi connectivity index (χ2v) is 15.4. The van der Waals surface area contributed by atoms with Crippen LogP contribution >= 0.6 is 24.0 Å². The SMILES string of the molecule is CN=C1C=CC(=Nc2ccc(Cc3ccc(Cc4ccc(C)cc4)cc3)cc2)C=C1.C[NH+]=C1C=CC(=Nc2ccc(Cc3ccc(Cc4ccc(C)cc4)cc3)cc2)C=C1.S.[Cu].[S]=[Cu]. The first kappa shape index (κ1) is 51.2. The fraction of sp³-hybridized carbons (Fsp3) is 0.143. The third kappa shape index (κ3) is 16.6. The van der Waals surface area contributed by atoms with Crippen LogP contribution in [0.1, 0.15) is 55.6 Å². The van der Waals surface area contributed by atoms with Gasteiger partial charge in [0, 0.05) is 36.3 Å². The molecule has 332 valence electrons. The first-order valence-electron chi connectivity index (χ1n) is 20.8. The molecule has 2 aliphatic carbocycles. The summed E-state index contributed by atoms with van der Waals surface area (Å²) in [5.74, 6) is 0. The van der Waals surface area contributed by atoms with Gasteiger partial charge in [0.15, 0.2) is 5.71 Å². The molecule has 0 unspecified atom stereocenters. The monoisotopic (exact) mass is 973 g/mol. The molecule has 6 aromatic carbocycles. The molecule has 4 nitrogen and oxygen atoms in total. The Labute approximate surface area is 410 Å². The van der Waals surface area contributed by atoms with Crippen LogP contribution in [0.15, 0.2) is 209 Å². The number of aryl methyl sites for hydroxylation is 2. The van der Waals surface area contributed by atoms with Gasteiger partial charge in [-0.2, -0.15) is 13.5 Å². The van der Waals surface area contributed by atoms with Crippen LogP contribution in [0.4, 0.5) is 11.4 Å². The zero-order valence-corrected chi connectivity index (χ0v) is 40.4. The minimum atomic E-state index is 0. The summed E-state index contributed by atoms with van der Waals surface area (Å²) in [5, 5.41) is 0. The van der Waals surface area contributed by atoms with Gasteiger partial charge in [-0.25, -0.2) is 15.0 Å². The molecule has 1 N–H and O–H groups in total. The van der Waals surface area contributed by atoms with E-state index in [1.165, 1.54) is 55.6 Å². The predicted octanol–water partition coefficient (Wildman–Crippen LogP) is 11.7. The Morgan fingerprint density at radius 2 is 0.625 bits per heavy atom. The van der Waals surface area contributed by atoms with Crippen molar-refractivity contribution in [3.63, 3.8) is 0 Å². The van der Waals surface area contributed by atoms with Crippen LogP contribution in [0, 0.1) is 13.8 Å². The molecular weight excluding hydrogens is 920 g/mol. The minimum absolute atomic E-state index is 0. The topological polar surface area (TPSA) is 51.0 Å². The summed E-state index contributed by atoms with van der Waals surface area (Å²) < 4.78 is 0. The number of rotatable bonds is 10. The Hall–Kier alpha value is -5.43. The Morgan fingerprint density at radius 1 is 0.391 bits per heavy atom. The molecule has 0 bridgehead atoms. The van der Waals surface area contributed by atoms with E-state index in [1.807, 2.05) is 55.7 Å². The van der Waals surface area contributed by atoms with E-state index in [0.29, 0.717) is 0 Å². The van der Waals surface area contributed by atoms with Crippen molar-refractivity contribution in [2.45, 2.75) is 39.5 Å². The van der Waals surface area contributed by atoms with Crippen molar-refractivity contribution >= 4 is 58.3 Å². The van der Waals surface area contributed by atoms with E-state index in [4.69, 9.17) is 4.99 Å². The van der Waals surface area contributed by atoms with E-state index in [9.17, 15) is 0 Å². The summed E-state index contributed by atoms with van der Waals surface area (Å²) in [7, 11) is 7.36. The molecule has 0 aliphatic heterocycles. The average molecular weight is 975 g/mol. The van der Waals surface area contributed by atoms with Gasteiger partial charge in [-0.1, -0.05) is 132 Å². The van der Waals surface area contributed by atoms with Crippen molar-refractivity contribution in [2.24, 2.45) is 15.0 Å². The molecule has 1 radical (unpaired) electrons. The predicted molar refractivity (Wildman–Crippen MR) is 273 cm³/mol. The molecule has 0 amide bonds. The van der Waals surface area contributed by atoms with Gasteiger partial charge in [-0.05, 0) is 145 Å². The van der Waals surface area contributed by atoms with Crippen LogP contribution in [0.3, 0.4) is 0 Å². The van der Waals surface area contributed by atoms with Gasteiger partial charge in [0.05, 0.1) is 28.5 Å². The van der Waals surface area contributed by atoms with E-state index in [2.05, 4.69) is 199 Å². The Morgan fingerprint density at radius 3 is 0.891 bits per heavy atom. The van der Waals surface area contributed by atoms with Gasteiger partial charge < -0.3 is 0 Å². The number of allylic oxidation sites excluding steroid dienone is 8. The third-order valence-electron chi connectivity index (χ3n) is 10.6. The average Bonchev–Trinajstić information content (AvgIpc) is 3.32. The second kappa shape index (κ2) is 27.0. The summed E-state index contributed by atoms with van der Waals surface area (Å²) in [6, 6.07) is 52.5. The van der Waals surface area contributed by atoms with Gasteiger partial charge in [-0.15, -0.1) is 0 Å². The van der Waals surface area contributed by atoms with Crippen molar-refractivity contribution in [3.05, 3.63) is 250 Å². The molecule has 8 rings (SSSR count). The maximum atomic E-state index is 4.69. The summed E-state index contributed by atoms with van der Waals surface area (Å²) in [5.41, 5.74) is 19.2. The Kier molecular flexibility index (Phi) is 21.6. The summed E-state index contributed by atoms with van der Waals surface area (Å²) in [6.45, 7) is 4.25. The van der Waals surface area contributed by atoms with Crippen molar-refractivity contribution in [3.8, 4) is 0 Å². The van der Waals surface area contributed by atoms with E-state index in [-0.39, 0.29) is 30.6 Å². The van der Waals surface area contributed by atoms with Crippen LogP contribution in [0.25, 0.3) is 0 Å². The number of aliphatic imine (C=N–C) groups is 3. The summed E-state index contributed by atoms with van der Waals surface area (Å²) in [4.78, 5) is 16.7. The molecule has 0 aromatic heterocycles. The molecule has 0 saturated heterocycles. The molecular formula is C56H55Cu2N4S2+. The molecule has 0 saturated carbocycles. The quantitative estimate of drug-likeness (QED) is 0.108. The van der Waals surface area contributed by atoms with Crippen LogP contribution < -0.4 is 4.99 Å². The first-order chi connectivity index (χ1) is 30.3. The Bertz CT molecular complexity index is 2420. The van der Waals surface area contributed by atoms with Crippen molar-refractivity contribution in [1.82, 2.24) is 0 Å². The van der Waals surface area contributed by atoms with E-state index in [1.54, 1.807) is 7.05 Å². The molecule has 0 heterocycles. The molecule has 2 aliphatic rings. The van der Waals surface area contributed by atoms with Gasteiger partial charge in [0.2, 0.25) is 0 Å². The number of benzene rings is 6. The number of nitrogens with one attached hydrogen (secondary N) is 1. The zero-order chi connectivity index (χ0) is 43.5. The Balaban J connectivity index is 0.000000262. The van der Waals surface area contributed by atoms with Gasteiger partial charge in [0.1, 0.15) is 7.05 Å². The fourth-order valence-corrected chi connectivity index (χ4v) is 6.96. The summed E-state index contributed by atoms with van der Waals surface area (Å²) >= 11 is 3.77. The first-order valence-corrected chi connectivity index (χ1v) is 22.2. The normalized spacial score (nSPS) is 12.2. The zero-order valence-electron chi connectivity index (χ0n) is 36.7. The van der Waals surface area contributed by atoms with Gasteiger partial charge >= 0.3 is 24.9 Å². The summed E-state index contributed by atoms with van der Waals surface area (Å²) in [6.07, 6.45) is 19.9. The molecule has 0 spiro atoms. The molecule has 8 heteroatoms. The van der Waals surface area contributed by atoms with Gasteiger partial charge in [-0.3, -0.25) is 4.99 Å². The van der Waals surface area contributed by atoms with E-state index in [0.717, 1.165) is 59.9 Å². The van der Waals surface area contributed by atoms with Crippen LogP contribution in [0.5, 0.6) is 0 Å². The molecule has 64 heavy (non-hydrogen) atoms. The number of hydrogen-bond acceptors (Lipinski definition) is 4. The molecule has 0 atom stereocenters. The van der Waals surface area contributed by atoms with Crippen molar-refractivity contribution in [2.75, 3.05) is 14.1 Å². The fourth-order valence-electron chi connectivity index (χ4n) is 6.96. The van der Waals surface area contributed by atoms with Crippen molar-refractivity contribution < 1.29 is 36.4 Å². The van der Waals surface area contributed by atoms with Crippen LogP contribution in [0.2, 0.25) is 0 Å². The van der Waals surface area contributed by atoms with Gasteiger partial charge in [0.25, 0.3) is 0 Å². The standard InChI is InChI=1S/2C28H26N2.2Cu.H2S.S/c2*1-21-3-5-22(6-4-21)19-23-7-9-24(10-8-23)20-25-11-13-27(14-12-25)30-28-17-15-26(29-2)16-18-28;;;;/h2*3-18H,19-20H2,1-2H3;;;1H2;/p+1. The molecule has 6 aromatic rings. The second-order valence-electron chi connectivity index (χ2n) is 15.4. The van der Waals surface area contributed by atoms with E-state index >= 15 is 0 Å². The van der Waals surface area contributed by atoms with Crippen LogP contribution in [-0.2, 0) is 57.1 Å². The van der Waals surface area contributed by atoms with Crippen molar-refractivity contribution in [1.29, 1.82) is 0 Å². The van der Waals surface area contributed by atoms with Crippen LogP contribution in [-0.4, -0.2) is 36.9 Å². The molecule has 0 fully saturated rings. The van der Waals surface area contributed by atoms with E-state index < -0.39 is 0 Å². The number of nitrogens with zero attached hydrogens (tertiary/aromatic N) is 3. The number of hydrogen-bond donors (Lipinski definition) is 1. The third-order valence-corrected chi connectivity index (χ3v) is 10.6. The maximum absolute atomic E-state index is 4.69.